The number of para-hydroxylation sites is 1. The summed E-state index contributed by atoms with van der Waals surface area (Å²) >= 11 is 0. The van der Waals surface area contributed by atoms with E-state index in [0.29, 0.717) is 37.2 Å². The lowest BCUT2D eigenvalue weighted by molar-refractivity contribution is -0.142. The van der Waals surface area contributed by atoms with Crippen LogP contribution in [0.25, 0.3) is 0 Å². The molecule has 0 aromatic heterocycles. The number of carbonyl (C=O) groups excluding carboxylic acids is 3. The maximum absolute atomic E-state index is 12.9. The molecule has 3 amide bonds. The van der Waals surface area contributed by atoms with Crippen molar-refractivity contribution >= 4 is 23.4 Å². The van der Waals surface area contributed by atoms with Crippen LogP contribution >= 0.6 is 0 Å². The molecule has 1 aliphatic rings. The van der Waals surface area contributed by atoms with Crippen molar-refractivity contribution < 1.29 is 14.4 Å². The van der Waals surface area contributed by atoms with Crippen LogP contribution in [0.3, 0.4) is 0 Å². The second-order valence-corrected chi connectivity index (χ2v) is 9.46. The highest BCUT2D eigenvalue weighted by molar-refractivity contribution is 6.04. The van der Waals surface area contributed by atoms with Crippen molar-refractivity contribution in [3.63, 3.8) is 0 Å². The van der Waals surface area contributed by atoms with Gasteiger partial charge in [0.1, 0.15) is 0 Å². The van der Waals surface area contributed by atoms with Crippen LogP contribution in [0.15, 0.2) is 54.6 Å². The fraction of sp³-hybridized carbons (Fsp3) is 0.423. The molecule has 1 atom stereocenters. The van der Waals surface area contributed by atoms with Crippen LogP contribution < -0.4 is 10.6 Å². The van der Waals surface area contributed by atoms with Gasteiger partial charge in [-0.1, -0.05) is 63.2 Å². The summed E-state index contributed by atoms with van der Waals surface area (Å²) < 4.78 is 0. The predicted molar refractivity (Wildman–Crippen MR) is 126 cm³/mol. The monoisotopic (exact) mass is 435 g/mol. The summed E-state index contributed by atoms with van der Waals surface area (Å²) in [4.78, 5) is 40.1. The number of hydrogen-bond acceptors (Lipinski definition) is 3. The molecule has 170 valence electrons. The van der Waals surface area contributed by atoms with E-state index in [1.54, 1.807) is 24.3 Å². The molecular formula is C26H33N3O3. The molecule has 2 N–H and O–H groups in total. The molecule has 32 heavy (non-hydrogen) atoms. The SMILES string of the molecule is CC(NC(=O)c1ccccc1NC(=O)C1CCN(C(=O)C(C)(C)C)CC1)c1ccccc1. The summed E-state index contributed by atoms with van der Waals surface area (Å²) in [7, 11) is 0. The van der Waals surface area contributed by atoms with Crippen molar-refractivity contribution in [3.05, 3.63) is 65.7 Å². The van der Waals surface area contributed by atoms with Gasteiger partial charge < -0.3 is 15.5 Å². The summed E-state index contributed by atoms with van der Waals surface area (Å²) in [6, 6.07) is 16.6. The van der Waals surface area contributed by atoms with E-state index in [9.17, 15) is 14.4 Å². The van der Waals surface area contributed by atoms with Crippen molar-refractivity contribution in [1.82, 2.24) is 10.2 Å². The molecule has 1 unspecified atom stereocenters. The van der Waals surface area contributed by atoms with Gasteiger partial charge in [0.15, 0.2) is 0 Å². The quantitative estimate of drug-likeness (QED) is 0.731. The van der Waals surface area contributed by atoms with Gasteiger partial charge in [-0.05, 0) is 37.5 Å². The molecule has 2 aromatic rings. The zero-order valence-electron chi connectivity index (χ0n) is 19.4. The van der Waals surface area contributed by atoms with E-state index in [0.717, 1.165) is 5.56 Å². The second-order valence-electron chi connectivity index (χ2n) is 9.46. The molecule has 1 heterocycles. The minimum atomic E-state index is -0.418. The Hall–Kier alpha value is -3.15. The molecule has 1 aliphatic heterocycles. The average molecular weight is 436 g/mol. The van der Waals surface area contributed by atoms with Crippen LogP contribution in [0.2, 0.25) is 0 Å². The number of rotatable bonds is 5. The summed E-state index contributed by atoms with van der Waals surface area (Å²) in [6.07, 6.45) is 1.24. The van der Waals surface area contributed by atoms with Crippen molar-refractivity contribution in [2.45, 2.75) is 46.6 Å². The van der Waals surface area contributed by atoms with Crippen molar-refractivity contribution in [2.24, 2.45) is 11.3 Å². The predicted octanol–water partition coefficient (Wildman–Crippen LogP) is 4.40. The Morgan fingerprint density at radius 1 is 0.938 bits per heavy atom. The van der Waals surface area contributed by atoms with E-state index >= 15 is 0 Å². The van der Waals surface area contributed by atoms with Gasteiger partial charge in [0, 0.05) is 24.4 Å². The Morgan fingerprint density at radius 3 is 2.16 bits per heavy atom. The van der Waals surface area contributed by atoms with Gasteiger partial charge in [0.2, 0.25) is 11.8 Å². The Balaban J connectivity index is 1.62. The summed E-state index contributed by atoms with van der Waals surface area (Å²) in [5.41, 5.74) is 1.53. The van der Waals surface area contributed by atoms with E-state index in [1.165, 1.54) is 0 Å². The lowest BCUT2D eigenvalue weighted by Crippen LogP contribution is -2.45. The van der Waals surface area contributed by atoms with Gasteiger partial charge in [-0.2, -0.15) is 0 Å². The molecule has 1 saturated heterocycles. The number of amides is 3. The normalized spacial score (nSPS) is 15.7. The first-order valence-corrected chi connectivity index (χ1v) is 11.2. The lowest BCUT2D eigenvalue weighted by atomic mass is 9.90. The molecule has 6 nitrogen and oxygen atoms in total. The number of piperidine rings is 1. The van der Waals surface area contributed by atoms with Crippen molar-refractivity contribution in [3.8, 4) is 0 Å². The Labute approximate surface area is 190 Å². The van der Waals surface area contributed by atoms with Crippen LogP contribution in [0, 0.1) is 11.3 Å². The first kappa shape index (κ1) is 23.5. The number of carbonyl (C=O) groups is 3. The Kier molecular flexibility index (Phi) is 7.33. The number of benzene rings is 2. The van der Waals surface area contributed by atoms with Crippen LogP contribution in [-0.2, 0) is 9.59 Å². The molecule has 0 bridgehead atoms. The van der Waals surface area contributed by atoms with Gasteiger partial charge in [0.05, 0.1) is 17.3 Å². The molecule has 6 heteroatoms. The summed E-state index contributed by atoms with van der Waals surface area (Å²) in [6.45, 7) is 8.81. The van der Waals surface area contributed by atoms with Gasteiger partial charge in [-0.25, -0.2) is 0 Å². The van der Waals surface area contributed by atoms with Gasteiger partial charge in [-0.15, -0.1) is 0 Å². The van der Waals surface area contributed by atoms with Crippen LogP contribution in [-0.4, -0.2) is 35.7 Å². The van der Waals surface area contributed by atoms with E-state index in [4.69, 9.17) is 0 Å². The third-order valence-electron chi connectivity index (χ3n) is 5.87. The smallest absolute Gasteiger partial charge is 0.253 e. The maximum atomic E-state index is 12.9. The summed E-state index contributed by atoms with van der Waals surface area (Å²) in [5, 5.41) is 5.95. The number of anilines is 1. The minimum Gasteiger partial charge on any atom is -0.345 e. The maximum Gasteiger partial charge on any atom is 0.253 e. The molecule has 0 aliphatic carbocycles. The molecule has 0 spiro atoms. The Bertz CT molecular complexity index is 958. The third kappa shape index (κ3) is 5.75. The van der Waals surface area contributed by atoms with E-state index in [1.807, 2.05) is 62.9 Å². The molecule has 2 aromatic carbocycles. The molecular weight excluding hydrogens is 402 g/mol. The van der Waals surface area contributed by atoms with Crippen LogP contribution in [0.1, 0.15) is 62.5 Å². The molecule has 0 saturated carbocycles. The van der Waals surface area contributed by atoms with Crippen molar-refractivity contribution in [1.29, 1.82) is 0 Å². The van der Waals surface area contributed by atoms with Gasteiger partial charge in [0.25, 0.3) is 5.91 Å². The van der Waals surface area contributed by atoms with E-state index in [2.05, 4.69) is 10.6 Å². The van der Waals surface area contributed by atoms with Gasteiger partial charge in [-0.3, -0.25) is 14.4 Å². The zero-order valence-corrected chi connectivity index (χ0v) is 19.4. The van der Waals surface area contributed by atoms with Gasteiger partial charge >= 0.3 is 0 Å². The average Bonchev–Trinajstić information content (AvgIpc) is 2.79. The fourth-order valence-corrected chi connectivity index (χ4v) is 3.94. The summed E-state index contributed by atoms with van der Waals surface area (Å²) in [5.74, 6) is -0.406. The molecule has 3 rings (SSSR count). The second kappa shape index (κ2) is 9.98. The van der Waals surface area contributed by atoms with Crippen molar-refractivity contribution in [2.75, 3.05) is 18.4 Å². The minimum absolute atomic E-state index is 0.107. The first-order valence-electron chi connectivity index (χ1n) is 11.2. The fourth-order valence-electron chi connectivity index (χ4n) is 3.94. The zero-order chi connectivity index (χ0) is 23.3. The number of nitrogens with one attached hydrogen (secondary N) is 2. The van der Waals surface area contributed by atoms with E-state index in [-0.39, 0.29) is 29.7 Å². The lowest BCUT2D eigenvalue weighted by Gasteiger charge is -2.35. The number of hydrogen-bond donors (Lipinski definition) is 2. The van der Waals surface area contributed by atoms with E-state index < -0.39 is 5.41 Å². The highest BCUT2D eigenvalue weighted by atomic mass is 16.2. The largest absolute Gasteiger partial charge is 0.345 e. The number of likely N-dealkylation sites (tertiary alicyclic amines) is 1. The Morgan fingerprint density at radius 2 is 1.53 bits per heavy atom. The third-order valence-corrected chi connectivity index (χ3v) is 5.87. The number of nitrogens with zero attached hydrogens (tertiary/aromatic N) is 1. The highest BCUT2D eigenvalue weighted by Crippen LogP contribution is 2.25. The first-order chi connectivity index (χ1) is 15.2. The molecule has 0 radical (unpaired) electrons. The van der Waals surface area contributed by atoms with Crippen LogP contribution in [0.5, 0.6) is 0 Å². The topological polar surface area (TPSA) is 78.5 Å². The van der Waals surface area contributed by atoms with Crippen LogP contribution in [0.4, 0.5) is 5.69 Å². The highest BCUT2D eigenvalue weighted by Gasteiger charge is 2.32. The standard InChI is InChI=1S/C26H33N3O3/c1-18(19-10-6-5-7-11-19)27-24(31)21-12-8-9-13-22(21)28-23(30)20-14-16-29(17-15-20)25(32)26(2,3)4/h5-13,18,20H,14-17H2,1-4H3,(H,27,31)(H,28,30). The molecule has 1 fully saturated rings.